The van der Waals surface area contributed by atoms with E-state index in [1.807, 2.05) is 6.07 Å². The Balaban J connectivity index is 2.69. The van der Waals surface area contributed by atoms with Crippen LogP contribution in [-0.2, 0) is 10.0 Å². The average Bonchev–Trinajstić information content (AvgIpc) is 2.32. The molecule has 1 rings (SSSR count). The summed E-state index contributed by atoms with van der Waals surface area (Å²) in [6.07, 6.45) is 1.34. The van der Waals surface area contributed by atoms with Gasteiger partial charge in [-0.3, -0.25) is 0 Å². The summed E-state index contributed by atoms with van der Waals surface area (Å²) in [5, 5.41) is 8.29. The molecule has 1 aromatic rings. The first kappa shape index (κ1) is 14.5. The summed E-state index contributed by atoms with van der Waals surface area (Å²) >= 11 is 0. The predicted molar refractivity (Wildman–Crippen MR) is 61.0 cm³/mol. The minimum absolute atomic E-state index is 0.0833. The van der Waals surface area contributed by atoms with E-state index >= 15 is 0 Å². The molecule has 7 heteroatoms. The Morgan fingerprint density at radius 2 is 2.00 bits per heavy atom. The molecule has 4 nitrogen and oxygen atoms in total. The fourth-order valence-corrected chi connectivity index (χ4v) is 2.46. The second-order valence-electron chi connectivity index (χ2n) is 3.59. The normalized spacial score (nSPS) is 11.2. The van der Waals surface area contributed by atoms with Crippen molar-refractivity contribution in [1.82, 2.24) is 4.72 Å². The summed E-state index contributed by atoms with van der Waals surface area (Å²) in [4.78, 5) is -0.706. The summed E-state index contributed by atoms with van der Waals surface area (Å²) in [5.41, 5.74) is 0. The number of rotatable bonds is 6. The number of halogens is 2. The van der Waals surface area contributed by atoms with Gasteiger partial charge in [-0.2, -0.15) is 5.26 Å². The zero-order valence-electron chi connectivity index (χ0n) is 9.49. The first-order valence-electron chi connectivity index (χ1n) is 5.29. The van der Waals surface area contributed by atoms with Gasteiger partial charge in [0.25, 0.3) is 0 Å². The Morgan fingerprint density at radius 3 is 2.67 bits per heavy atom. The van der Waals surface area contributed by atoms with Crippen LogP contribution >= 0.6 is 0 Å². The van der Waals surface area contributed by atoms with Crippen molar-refractivity contribution in [2.45, 2.75) is 24.2 Å². The van der Waals surface area contributed by atoms with Gasteiger partial charge in [-0.15, -0.1) is 0 Å². The number of sulfonamides is 1. The number of unbranched alkanes of at least 4 members (excludes halogenated alkanes) is 2. The Morgan fingerprint density at radius 1 is 1.28 bits per heavy atom. The van der Waals surface area contributed by atoms with E-state index in [2.05, 4.69) is 4.72 Å². The van der Waals surface area contributed by atoms with Crippen molar-refractivity contribution in [3.63, 3.8) is 0 Å². The summed E-state index contributed by atoms with van der Waals surface area (Å²) in [7, 11) is -4.05. The third-order valence-corrected chi connectivity index (χ3v) is 3.67. The van der Waals surface area contributed by atoms with Gasteiger partial charge in [0.15, 0.2) is 0 Å². The van der Waals surface area contributed by atoms with Crippen LogP contribution in [0.1, 0.15) is 19.3 Å². The van der Waals surface area contributed by atoms with Crippen molar-refractivity contribution < 1.29 is 17.2 Å². The van der Waals surface area contributed by atoms with E-state index in [-0.39, 0.29) is 6.54 Å². The highest BCUT2D eigenvalue weighted by molar-refractivity contribution is 7.89. The molecule has 0 saturated carbocycles. The fourth-order valence-electron chi connectivity index (χ4n) is 1.30. The van der Waals surface area contributed by atoms with Crippen molar-refractivity contribution in [3.8, 4) is 6.07 Å². The number of hydrogen-bond donors (Lipinski definition) is 1. The zero-order valence-corrected chi connectivity index (χ0v) is 10.3. The minimum Gasteiger partial charge on any atom is -0.211 e. The van der Waals surface area contributed by atoms with Gasteiger partial charge < -0.3 is 0 Å². The highest BCUT2D eigenvalue weighted by Gasteiger charge is 2.19. The van der Waals surface area contributed by atoms with E-state index in [0.29, 0.717) is 25.3 Å². The SMILES string of the molecule is N#CCCCCNS(=O)(=O)c1cc(F)ccc1F. The molecule has 0 aromatic heterocycles. The van der Waals surface area contributed by atoms with Crippen LogP contribution in [0.25, 0.3) is 0 Å². The van der Waals surface area contributed by atoms with E-state index in [1.54, 1.807) is 0 Å². The first-order valence-corrected chi connectivity index (χ1v) is 6.77. The molecule has 0 aliphatic rings. The number of nitrogens with one attached hydrogen (secondary N) is 1. The van der Waals surface area contributed by atoms with Gasteiger partial charge >= 0.3 is 0 Å². The second kappa shape index (κ2) is 6.42. The lowest BCUT2D eigenvalue weighted by Gasteiger charge is -2.07. The molecule has 1 N–H and O–H groups in total. The van der Waals surface area contributed by atoms with Gasteiger partial charge in [0, 0.05) is 13.0 Å². The smallest absolute Gasteiger partial charge is 0.211 e. The molecule has 0 unspecified atom stereocenters. The van der Waals surface area contributed by atoms with Crippen LogP contribution in [0.4, 0.5) is 8.78 Å². The second-order valence-corrected chi connectivity index (χ2v) is 5.32. The van der Waals surface area contributed by atoms with Gasteiger partial charge in [-0.25, -0.2) is 21.9 Å². The molecule has 18 heavy (non-hydrogen) atoms. The third-order valence-electron chi connectivity index (χ3n) is 2.19. The van der Waals surface area contributed by atoms with Crippen LogP contribution in [0, 0.1) is 23.0 Å². The van der Waals surface area contributed by atoms with E-state index in [4.69, 9.17) is 5.26 Å². The van der Waals surface area contributed by atoms with Gasteiger partial charge in [0.2, 0.25) is 10.0 Å². The molecular weight excluding hydrogens is 262 g/mol. The molecule has 0 bridgehead atoms. The Bertz CT molecular complexity index is 553. The van der Waals surface area contributed by atoms with Crippen LogP contribution in [0.15, 0.2) is 23.1 Å². The molecule has 0 aliphatic carbocycles. The van der Waals surface area contributed by atoms with Gasteiger partial charge in [0.05, 0.1) is 6.07 Å². The van der Waals surface area contributed by atoms with E-state index in [1.165, 1.54) is 0 Å². The Hall–Kier alpha value is -1.52. The molecule has 0 heterocycles. The highest BCUT2D eigenvalue weighted by Crippen LogP contribution is 2.15. The van der Waals surface area contributed by atoms with Crippen molar-refractivity contribution in [2.75, 3.05) is 6.54 Å². The van der Waals surface area contributed by atoms with Crippen molar-refractivity contribution in [3.05, 3.63) is 29.8 Å². The van der Waals surface area contributed by atoms with Crippen LogP contribution in [0.3, 0.4) is 0 Å². The maximum atomic E-state index is 13.3. The number of hydrogen-bond acceptors (Lipinski definition) is 3. The predicted octanol–water partition coefficient (Wildman–Crippen LogP) is 1.94. The highest BCUT2D eigenvalue weighted by atomic mass is 32.2. The lowest BCUT2D eigenvalue weighted by molar-refractivity contribution is 0.544. The summed E-state index contributed by atoms with van der Waals surface area (Å²) in [5.74, 6) is -1.82. The standard InChI is InChI=1S/C11H12F2N2O2S/c12-9-4-5-10(13)11(8-9)18(16,17)15-7-3-1-2-6-14/h4-5,8,15H,1-3,7H2. The fraction of sp³-hybridized carbons (Fsp3) is 0.364. The van der Waals surface area contributed by atoms with E-state index in [0.717, 1.165) is 12.1 Å². The summed E-state index contributed by atoms with van der Waals surface area (Å²) in [6, 6.07) is 4.17. The van der Waals surface area contributed by atoms with Gasteiger partial charge in [-0.05, 0) is 31.0 Å². The van der Waals surface area contributed by atoms with Crippen LogP contribution in [0.2, 0.25) is 0 Å². The molecule has 0 spiro atoms. The molecule has 0 saturated heterocycles. The minimum atomic E-state index is -4.05. The number of benzene rings is 1. The Labute approximate surface area is 104 Å². The van der Waals surface area contributed by atoms with Crippen molar-refractivity contribution in [1.29, 1.82) is 5.26 Å². The van der Waals surface area contributed by atoms with E-state index in [9.17, 15) is 17.2 Å². The van der Waals surface area contributed by atoms with E-state index < -0.39 is 26.6 Å². The molecular formula is C11H12F2N2O2S. The van der Waals surface area contributed by atoms with Crippen LogP contribution < -0.4 is 4.72 Å². The van der Waals surface area contributed by atoms with Crippen molar-refractivity contribution >= 4 is 10.0 Å². The summed E-state index contributed by atoms with van der Waals surface area (Å²) in [6.45, 7) is 0.0833. The zero-order chi connectivity index (χ0) is 13.6. The molecule has 0 atom stereocenters. The molecule has 0 amide bonds. The maximum absolute atomic E-state index is 13.3. The lowest BCUT2D eigenvalue weighted by Crippen LogP contribution is -2.25. The third kappa shape index (κ3) is 4.05. The molecule has 0 fully saturated rings. The maximum Gasteiger partial charge on any atom is 0.243 e. The molecule has 1 aromatic carbocycles. The molecule has 98 valence electrons. The topological polar surface area (TPSA) is 70.0 Å². The molecule has 0 radical (unpaired) electrons. The summed E-state index contributed by atoms with van der Waals surface area (Å²) < 4.78 is 51.6. The van der Waals surface area contributed by atoms with Crippen LogP contribution in [-0.4, -0.2) is 15.0 Å². The first-order chi connectivity index (χ1) is 8.47. The van der Waals surface area contributed by atoms with Crippen molar-refractivity contribution in [2.24, 2.45) is 0 Å². The lowest BCUT2D eigenvalue weighted by atomic mass is 10.2. The number of nitriles is 1. The molecule has 0 aliphatic heterocycles. The van der Waals surface area contributed by atoms with Crippen LogP contribution in [0.5, 0.6) is 0 Å². The van der Waals surface area contributed by atoms with Gasteiger partial charge in [-0.1, -0.05) is 0 Å². The number of nitrogens with zero attached hydrogens (tertiary/aromatic N) is 1. The van der Waals surface area contributed by atoms with Gasteiger partial charge in [0.1, 0.15) is 16.5 Å². The average molecular weight is 274 g/mol. The Kier molecular flexibility index (Phi) is 5.19. The monoisotopic (exact) mass is 274 g/mol. The quantitative estimate of drug-likeness (QED) is 0.806. The largest absolute Gasteiger partial charge is 0.243 e.